The molecule has 0 bridgehead atoms. The molecule has 17 nitrogen and oxygen atoms in total. The highest BCUT2D eigenvalue weighted by atomic mass is 31.2. The third-order valence-electron chi connectivity index (χ3n) is 19.9. The van der Waals surface area contributed by atoms with Crippen LogP contribution in [0.3, 0.4) is 0 Å². The summed E-state index contributed by atoms with van der Waals surface area (Å²) < 4.78 is 68.8. The number of hydrogen-bond acceptors (Lipinski definition) is 15. The van der Waals surface area contributed by atoms with E-state index in [0.29, 0.717) is 31.6 Å². The molecule has 2 unspecified atom stereocenters. The van der Waals surface area contributed by atoms with Gasteiger partial charge in [0.2, 0.25) is 0 Å². The largest absolute Gasteiger partial charge is 0.472 e. The van der Waals surface area contributed by atoms with Crippen molar-refractivity contribution in [3.05, 3.63) is 0 Å². The van der Waals surface area contributed by atoms with E-state index >= 15 is 0 Å². The van der Waals surface area contributed by atoms with Gasteiger partial charge in [0.25, 0.3) is 0 Å². The lowest BCUT2D eigenvalue weighted by atomic mass is 10.0. The monoisotopic (exact) mass is 1520 g/mol. The lowest BCUT2D eigenvalue weighted by molar-refractivity contribution is -0.161. The molecule has 0 radical (unpaired) electrons. The maximum atomic E-state index is 13.1. The fourth-order valence-corrected chi connectivity index (χ4v) is 14.8. The Morgan fingerprint density at radius 1 is 0.260 bits per heavy atom. The van der Waals surface area contributed by atoms with Crippen molar-refractivity contribution in [2.24, 2.45) is 17.8 Å². The summed E-state index contributed by atoms with van der Waals surface area (Å²) in [6.07, 6.45) is 65.5. The molecule has 0 rings (SSSR count). The lowest BCUT2D eigenvalue weighted by Crippen LogP contribution is -2.30. The van der Waals surface area contributed by atoms with Gasteiger partial charge in [-0.25, -0.2) is 9.13 Å². The summed E-state index contributed by atoms with van der Waals surface area (Å²) in [5, 5.41) is 10.7. The zero-order valence-corrected chi connectivity index (χ0v) is 70.3. The van der Waals surface area contributed by atoms with Gasteiger partial charge in [-0.3, -0.25) is 37.3 Å². The van der Waals surface area contributed by atoms with E-state index in [0.717, 1.165) is 108 Å². The highest BCUT2D eigenvalue weighted by molar-refractivity contribution is 7.47. The maximum absolute atomic E-state index is 13.1. The Morgan fingerprint density at radius 3 is 0.654 bits per heavy atom. The summed E-state index contributed by atoms with van der Waals surface area (Å²) in [6.45, 7) is 11.9. The molecule has 0 aliphatic carbocycles. The van der Waals surface area contributed by atoms with Crippen molar-refractivity contribution in [3.8, 4) is 0 Å². The van der Waals surface area contributed by atoms with Crippen LogP contribution in [0.2, 0.25) is 0 Å². The SMILES string of the molecule is CCCCCCCCCCCCCCCCCCCCCCCCC(=O)O[C@H](COC(=O)CCCCCCCCCCCCCCCCC(C)C)COP(=O)(O)OC[C@@H](O)COP(=O)(O)OC[C@@H](COC(=O)CCCCCCCCC(C)C)OC(=O)CCCCCCCCCCCCCCCC(C)C. The van der Waals surface area contributed by atoms with Gasteiger partial charge in [0, 0.05) is 25.7 Å². The third-order valence-corrected chi connectivity index (χ3v) is 21.8. The van der Waals surface area contributed by atoms with Gasteiger partial charge in [-0.15, -0.1) is 0 Å². The number of carbonyl (C=O) groups is 4. The Kier molecular flexibility index (Phi) is 73.7. The van der Waals surface area contributed by atoms with Crippen LogP contribution < -0.4 is 0 Å². The molecule has 5 atom stereocenters. The Bertz CT molecular complexity index is 2010. The summed E-state index contributed by atoms with van der Waals surface area (Å²) in [6, 6.07) is 0. The number of esters is 4. The van der Waals surface area contributed by atoms with Crippen LogP contribution in [-0.4, -0.2) is 96.7 Å². The first-order valence-corrected chi connectivity index (χ1v) is 46.8. The van der Waals surface area contributed by atoms with Gasteiger partial charge in [-0.05, 0) is 43.4 Å². The van der Waals surface area contributed by atoms with E-state index in [2.05, 4.69) is 48.5 Å². The molecule has 0 aliphatic heterocycles. The summed E-state index contributed by atoms with van der Waals surface area (Å²) >= 11 is 0. The molecule has 0 fully saturated rings. The average molecular weight is 1520 g/mol. The van der Waals surface area contributed by atoms with Crippen LogP contribution in [0.1, 0.15) is 447 Å². The molecule has 0 heterocycles. The molecule has 0 spiro atoms. The van der Waals surface area contributed by atoms with Gasteiger partial charge in [0.05, 0.1) is 26.4 Å². The van der Waals surface area contributed by atoms with Crippen LogP contribution in [0.15, 0.2) is 0 Å². The first kappa shape index (κ1) is 102. The van der Waals surface area contributed by atoms with Crippen LogP contribution >= 0.6 is 15.6 Å². The fourth-order valence-electron chi connectivity index (χ4n) is 13.2. The van der Waals surface area contributed by atoms with E-state index in [1.54, 1.807) is 0 Å². The van der Waals surface area contributed by atoms with Gasteiger partial charge < -0.3 is 33.8 Å². The fraction of sp³-hybridized carbons (Fsp3) is 0.953. The van der Waals surface area contributed by atoms with Crippen molar-refractivity contribution < 1.29 is 80.2 Å². The molecule has 0 saturated carbocycles. The molecular weight excluding hydrogens is 1350 g/mol. The molecule has 0 aromatic carbocycles. The van der Waals surface area contributed by atoms with Crippen molar-refractivity contribution in [1.82, 2.24) is 0 Å². The number of hydrogen-bond donors (Lipinski definition) is 3. The molecule has 0 saturated heterocycles. The first-order chi connectivity index (χ1) is 50.2. The van der Waals surface area contributed by atoms with Crippen LogP contribution in [0.25, 0.3) is 0 Å². The quantitative estimate of drug-likeness (QED) is 0.0222. The molecule has 3 N–H and O–H groups in total. The number of phosphoric acid groups is 2. The van der Waals surface area contributed by atoms with Crippen molar-refractivity contribution in [3.63, 3.8) is 0 Å². The minimum atomic E-state index is -4.97. The highest BCUT2D eigenvalue weighted by Crippen LogP contribution is 2.45. The van der Waals surface area contributed by atoms with Crippen molar-refractivity contribution in [1.29, 1.82) is 0 Å². The zero-order valence-electron chi connectivity index (χ0n) is 68.5. The molecule has 0 aliphatic rings. The van der Waals surface area contributed by atoms with Crippen molar-refractivity contribution in [2.75, 3.05) is 39.6 Å². The second kappa shape index (κ2) is 75.1. The maximum Gasteiger partial charge on any atom is 0.472 e. The second-order valence-electron chi connectivity index (χ2n) is 32.0. The smallest absolute Gasteiger partial charge is 0.462 e. The normalized spacial score (nSPS) is 13.9. The minimum Gasteiger partial charge on any atom is -0.462 e. The Morgan fingerprint density at radius 2 is 0.442 bits per heavy atom. The Labute approximate surface area is 638 Å². The van der Waals surface area contributed by atoms with Gasteiger partial charge in [0.15, 0.2) is 12.2 Å². The zero-order chi connectivity index (χ0) is 76.5. The number of rotatable bonds is 83. The number of unbranched alkanes of at least 4 members (excludes halogenated alkanes) is 51. The van der Waals surface area contributed by atoms with Gasteiger partial charge in [-0.2, -0.15) is 0 Å². The molecule has 19 heteroatoms. The summed E-state index contributed by atoms with van der Waals surface area (Å²) in [7, 11) is -9.93. The standard InChI is InChI=1S/C85H166O17P2/c1-8-9-10-11-12-13-14-15-16-17-18-19-20-21-22-23-30-35-40-45-54-61-68-84(89)101-80(72-95-82(87)66-59-52-44-39-34-29-25-24-27-32-37-42-49-56-63-76(2)3)74-99-103(91,92)97-70-79(86)71-98-104(93,94)100-75-81(73-96-83(88)67-60-53-48-47-51-58-65-78(6)7)102-85(90)69-62-55-46-41-36-31-26-28-33-38-43-50-57-64-77(4)5/h76-81,86H,8-75H2,1-7H3,(H,91,92)(H,93,94)/t79-,80-,81-/m1/s1. The molecule has 618 valence electrons. The van der Waals surface area contributed by atoms with Crippen LogP contribution in [0.4, 0.5) is 0 Å². The molecule has 104 heavy (non-hydrogen) atoms. The van der Waals surface area contributed by atoms with E-state index in [1.807, 2.05) is 0 Å². The van der Waals surface area contributed by atoms with E-state index in [1.165, 1.54) is 250 Å². The van der Waals surface area contributed by atoms with Crippen molar-refractivity contribution in [2.45, 2.75) is 465 Å². The number of aliphatic hydroxyl groups excluding tert-OH is 1. The van der Waals surface area contributed by atoms with E-state index in [9.17, 15) is 43.2 Å². The van der Waals surface area contributed by atoms with Crippen LogP contribution in [0.5, 0.6) is 0 Å². The first-order valence-electron chi connectivity index (χ1n) is 43.8. The molecule has 0 amide bonds. The number of phosphoric ester groups is 2. The molecule has 0 aromatic rings. The lowest BCUT2D eigenvalue weighted by Gasteiger charge is -2.21. The average Bonchev–Trinajstić information content (AvgIpc) is 0.904. The highest BCUT2D eigenvalue weighted by Gasteiger charge is 2.30. The van der Waals surface area contributed by atoms with Crippen LogP contribution in [-0.2, 0) is 65.4 Å². The van der Waals surface area contributed by atoms with E-state index < -0.39 is 97.5 Å². The number of ether oxygens (including phenoxy) is 4. The summed E-state index contributed by atoms with van der Waals surface area (Å²) in [5.74, 6) is 0.156. The minimum absolute atomic E-state index is 0.106. The summed E-state index contributed by atoms with van der Waals surface area (Å²) in [4.78, 5) is 73.1. The molecule has 0 aromatic heterocycles. The van der Waals surface area contributed by atoms with Gasteiger partial charge >= 0.3 is 39.5 Å². The Balaban J connectivity index is 5.20. The van der Waals surface area contributed by atoms with E-state index in [-0.39, 0.29) is 25.7 Å². The summed E-state index contributed by atoms with van der Waals surface area (Å²) in [5.41, 5.74) is 0. The number of aliphatic hydroxyl groups is 1. The predicted octanol–water partition coefficient (Wildman–Crippen LogP) is 25.7. The van der Waals surface area contributed by atoms with Gasteiger partial charge in [-0.1, -0.05) is 395 Å². The second-order valence-corrected chi connectivity index (χ2v) is 34.9. The predicted molar refractivity (Wildman–Crippen MR) is 428 cm³/mol. The number of carbonyl (C=O) groups excluding carboxylic acids is 4. The van der Waals surface area contributed by atoms with Crippen LogP contribution in [0, 0.1) is 17.8 Å². The van der Waals surface area contributed by atoms with Gasteiger partial charge in [0.1, 0.15) is 19.3 Å². The Hall–Kier alpha value is -1.94. The topological polar surface area (TPSA) is 237 Å². The molecular formula is C85H166O17P2. The van der Waals surface area contributed by atoms with E-state index in [4.69, 9.17) is 37.0 Å². The van der Waals surface area contributed by atoms with Crippen molar-refractivity contribution >= 4 is 39.5 Å². The third kappa shape index (κ3) is 78.2.